The van der Waals surface area contributed by atoms with Gasteiger partial charge in [-0.15, -0.1) is 0 Å². The predicted molar refractivity (Wildman–Crippen MR) is 73.7 cm³/mol. The van der Waals surface area contributed by atoms with Crippen molar-refractivity contribution in [1.29, 1.82) is 0 Å². The molecule has 0 aromatic heterocycles. The predicted octanol–water partition coefficient (Wildman–Crippen LogP) is 2.61. The van der Waals surface area contributed by atoms with Crippen LogP contribution in [-0.4, -0.2) is 30.9 Å². The number of carbonyl (C=O) groups is 1. The third-order valence-electron chi connectivity index (χ3n) is 3.75. The Balaban J connectivity index is 1.72. The highest BCUT2D eigenvalue weighted by Crippen LogP contribution is 2.37. The first-order valence-corrected chi connectivity index (χ1v) is 7.47. The largest absolute Gasteiger partial charge is 0.353 e. The summed E-state index contributed by atoms with van der Waals surface area (Å²) in [7, 11) is 0. The molecule has 0 aromatic carbocycles. The fourth-order valence-corrected chi connectivity index (χ4v) is 2.84. The number of ether oxygens (including phenoxy) is 2. The van der Waals surface area contributed by atoms with E-state index in [0.29, 0.717) is 19.6 Å². The normalized spacial score (nSPS) is 26.6. The number of amides is 1. The second-order valence-corrected chi connectivity index (χ2v) is 7.06. The molecule has 1 aliphatic carbocycles. The van der Waals surface area contributed by atoms with E-state index >= 15 is 0 Å². The minimum Gasteiger partial charge on any atom is -0.353 e. The smallest absolute Gasteiger partial charge is 0.220 e. The highest BCUT2D eigenvalue weighted by atomic mass is 16.7. The van der Waals surface area contributed by atoms with E-state index < -0.39 is 0 Å². The van der Waals surface area contributed by atoms with Crippen LogP contribution in [0.5, 0.6) is 0 Å². The van der Waals surface area contributed by atoms with Gasteiger partial charge >= 0.3 is 0 Å². The maximum absolute atomic E-state index is 11.8. The van der Waals surface area contributed by atoms with E-state index in [2.05, 4.69) is 26.1 Å². The first-order valence-electron chi connectivity index (χ1n) is 7.47. The van der Waals surface area contributed by atoms with Crippen LogP contribution in [0, 0.1) is 5.41 Å². The Morgan fingerprint density at radius 2 is 1.95 bits per heavy atom. The van der Waals surface area contributed by atoms with Crippen molar-refractivity contribution in [3.05, 3.63) is 0 Å². The van der Waals surface area contributed by atoms with E-state index in [-0.39, 0.29) is 23.2 Å². The van der Waals surface area contributed by atoms with Gasteiger partial charge in [0.25, 0.3) is 0 Å². The highest BCUT2D eigenvalue weighted by molar-refractivity contribution is 5.76. The molecule has 4 nitrogen and oxygen atoms in total. The molecule has 4 heteroatoms. The minimum atomic E-state index is -0.336. The van der Waals surface area contributed by atoms with Crippen molar-refractivity contribution in [2.45, 2.75) is 71.2 Å². The summed E-state index contributed by atoms with van der Waals surface area (Å²) >= 11 is 0. The van der Waals surface area contributed by atoms with Gasteiger partial charge in [0.1, 0.15) is 6.10 Å². The first kappa shape index (κ1) is 14.8. The van der Waals surface area contributed by atoms with Gasteiger partial charge in [0.15, 0.2) is 5.79 Å². The molecule has 2 fully saturated rings. The van der Waals surface area contributed by atoms with Gasteiger partial charge in [0.2, 0.25) is 5.91 Å². The van der Waals surface area contributed by atoms with Crippen LogP contribution >= 0.6 is 0 Å². The van der Waals surface area contributed by atoms with Gasteiger partial charge in [-0.05, 0) is 18.3 Å². The molecule has 1 saturated carbocycles. The van der Waals surface area contributed by atoms with Gasteiger partial charge in [-0.1, -0.05) is 27.2 Å². The molecular weight excluding hydrogens is 242 g/mol. The molecule has 1 atom stereocenters. The number of rotatable bonds is 3. The molecule has 110 valence electrons. The SMILES string of the molecule is CC(C)(C)CC(=O)NCC1COC2(CCCCC2)O1. The first-order chi connectivity index (χ1) is 8.89. The molecule has 1 heterocycles. The summed E-state index contributed by atoms with van der Waals surface area (Å²) in [6.07, 6.45) is 6.21. The van der Waals surface area contributed by atoms with E-state index in [1.807, 2.05) is 0 Å². The number of hydrogen-bond acceptors (Lipinski definition) is 3. The molecule has 1 amide bonds. The summed E-state index contributed by atoms with van der Waals surface area (Å²) in [6.45, 7) is 7.38. The number of nitrogens with one attached hydrogen (secondary N) is 1. The fraction of sp³-hybridized carbons (Fsp3) is 0.933. The molecule has 19 heavy (non-hydrogen) atoms. The Morgan fingerprint density at radius 3 is 2.58 bits per heavy atom. The standard InChI is InChI=1S/C15H27NO3/c1-14(2,3)9-13(17)16-10-12-11-18-15(19-12)7-5-4-6-8-15/h12H,4-11H2,1-3H3,(H,16,17). The zero-order chi connectivity index (χ0) is 13.9. The summed E-state index contributed by atoms with van der Waals surface area (Å²) in [5.74, 6) is -0.238. The molecule has 1 spiro atoms. The second kappa shape index (κ2) is 5.80. The molecule has 0 aromatic rings. The topological polar surface area (TPSA) is 47.6 Å². The van der Waals surface area contributed by atoms with Crippen LogP contribution in [0.1, 0.15) is 59.3 Å². The second-order valence-electron chi connectivity index (χ2n) is 7.06. The summed E-state index contributed by atoms with van der Waals surface area (Å²) < 4.78 is 11.9. The monoisotopic (exact) mass is 269 g/mol. The van der Waals surface area contributed by atoms with E-state index in [1.54, 1.807) is 0 Å². The Bertz CT molecular complexity index is 316. The van der Waals surface area contributed by atoms with E-state index in [1.165, 1.54) is 19.3 Å². The average molecular weight is 269 g/mol. The lowest BCUT2D eigenvalue weighted by Crippen LogP contribution is -2.38. The van der Waals surface area contributed by atoms with Crippen molar-refractivity contribution in [2.75, 3.05) is 13.2 Å². The molecule has 1 N–H and O–H groups in total. The van der Waals surface area contributed by atoms with E-state index in [9.17, 15) is 4.79 Å². The van der Waals surface area contributed by atoms with Crippen molar-refractivity contribution < 1.29 is 14.3 Å². The van der Waals surface area contributed by atoms with E-state index in [4.69, 9.17) is 9.47 Å². The van der Waals surface area contributed by atoms with Gasteiger partial charge in [-0.2, -0.15) is 0 Å². The molecular formula is C15H27NO3. The van der Waals surface area contributed by atoms with Crippen LogP contribution in [0.2, 0.25) is 0 Å². The fourth-order valence-electron chi connectivity index (χ4n) is 2.84. The van der Waals surface area contributed by atoms with Crippen molar-refractivity contribution in [3.63, 3.8) is 0 Å². The zero-order valence-corrected chi connectivity index (χ0v) is 12.5. The zero-order valence-electron chi connectivity index (χ0n) is 12.5. The van der Waals surface area contributed by atoms with Crippen LogP contribution in [0.15, 0.2) is 0 Å². The quantitative estimate of drug-likeness (QED) is 0.856. The lowest BCUT2D eigenvalue weighted by Gasteiger charge is -2.31. The third kappa shape index (κ3) is 4.46. The third-order valence-corrected chi connectivity index (χ3v) is 3.75. The molecule has 2 aliphatic rings. The maximum Gasteiger partial charge on any atom is 0.220 e. The van der Waals surface area contributed by atoms with Gasteiger partial charge < -0.3 is 14.8 Å². The summed E-state index contributed by atoms with van der Waals surface area (Å²) in [5.41, 5.74) is 0.0295. The Kier molecular flexibility index (Phi) is 4.51. The Hall–Kier alpha value is -0.610. The lowest BCUT2D eigenvalue weighted by molar-refractivity contribution is -0.186. The summed E-state index contributed by atoms with van der Waals surface area (Å²) in [6, 6.07) is 0. The number of carbonyl (C=O) groups excluding carboxylic acids is 1. The summed E-state index contributed by atoms with van der Waals surface area (Å²) in [4.78, 5) is 11.8. The molecule has 0 bridgehead atoms. The van der Waals surface area contributed by atoms with Crippen molar-refractivity contribution >= 4 is 5.91 Å². The number of hydrogen-bond donors (Lipinski definition) is 1. The Labute approximate surface area is 116 Å². The van der Waals surface area contributed by atoms with Crippen molar-refractivity contribution in [3.8, 4) is 0 Å². The average Bonchev–Trinajstić information content (AvgIpc) is 2.69. The van der Waals surface area contributed by atoms with Crippen LogP contribution in [0.4, 0.5) is 0 Å². The molecule has 1 saturated heterocycles. The highest BCUT2D eigenvalue weighted by Gasteiger charge is 2.42. The molecule has 2 rings (SSSR count). The molecule has 1 unspecified atom stereocenters. The Morgan fingerprint density at radius 1 is 1.26 bits per heavy atom. The van der Waals surface area contributed by atoms with Crippen LogP contribution in [-0.2, 0) is 14.3 Å². The van der Waals surface area contributed by atoms with Crippen LogP contribution < -0.4 is 5.32 Å². The summed E-state index contributed by atoms with van der Waals surface area (Å²) in [5, 5.41) is 2.96. The van der Waals surface area contributed by atoms with Gasteiger partial charge in [0.05, 0.1) is 6.61 Å². The minimum absolute atomic E-state index is 0.0158. The lowest BCUT2D eigenvalue weighted by atomic mass is 9.92. The van der Waals surface area contributed by atoms with Crippen molar-refractivity contribution in [2.24, 2.45) is 5.41 Å². The van der Waals surface area contributed by atoms with Gasteiger partial charge in [-0.25, -0.2) is 0 Å². The van der Waals surface area contributed by atoms with Gasteiger partial charge in [0, 0.05) is 25.8 Å². The van der Waals surface area contributed by atoms with E-state index in [0.717, 1.165) is 12.8 Å². The molecule has 1 aliphatic heterocycles. The van der Waals surface area contributed by atoms with Crippen LogP contribution in [0.3, 0.4) is 0 Å². The van der Waals surface area contributed by atoms with Crippen LogP contribution in [0.25, 0.3) is 0 Å². The maximum atomic E-state index is 11.8. The molecule has 0 radical (unpaired) electrons. The van der Waals surface area contributed by atoms with Gasteiger partial charge in [-0.3, -0.25) is 4.79 Å². The van der Waals surface area contributed by atoms with Crippen molar-refractivity contribution in [1.82, 2.24) is 5.32 Å².